The van der Waals surface area contributed by atoms with Crippen molar-refractivity contribution in [3.63, 3.8) is 0 Å². The number of aromatic nitrogens is 3. The third-order valence-corrected chi connectivity index (χ3v) is 3.33. The summed E-state index contributed by atoms with van der Waals surface area (Å²) in [6.45, 7) is 0.938. The number of hydrogen-bond donors (Lipinski definition) is 1. The van der Waals surface area contributed by atoms with Crippen LogP contribution in [0.3, 0.4) is 0 Å². The normalized spacial score (nSPS) is 14.9. The largest absolute Gasteiger partial charge is 0.328 e. The number of pyridine rings is 1. The molecule has 5 nitrogen and oxygen atoms in total. The van der Waals surface area contributed by atoms with E-state index in [1.807, 2.05) is 29.1 Å². The molecular weight excluding hydrogens is 228 g/mol. The minimum Gasteiger partial charge on any atom is -0.325 e. The predicted octanol–water partition coefficient (Wildman–Crippen LogP) is 0.887. The van der Waals surface area contributed by atoms with Crippen molar-refractivity contribution in [2.75, 3.05) is 0 Å². The van der Waals surface area contributed by atoms with E-state index in [0.29, 0.717) is 19.1 Å². The standard InChI is InChI=1S/C13H16N4O/c14-8-12-10(2-1-5-15-12)9-16-6-7-17(13(16)18)11-3-4-11/h1-2,5-7,11H,3-4,8-9,14H2. The molecule has 0 aliphatic heterocycles. The number of rotatable bonds is 4. The van der Waals surface area contributed by atoms with Crippen LogP contribution in [-0.4, -0.2) is 14.1 Å². The van der Waals surface area contributed by atoms with Gasteiger partial charge in [-0.2, -0.15) is 0 Å². The molecule has 0 atom stereocenters. The summed E-state index contributed by atoms with van der Waals surface area (Å²) in [5.41, 5.74) is 7.57. The van der Waals surface area contributed by atoms with Gasteiger partial charge in [-0.1, -0.05) is 6.07 Å². The fraction of sp³-hybridized carbons (Fsp3) is 0.385. The summed E-state index contributed by atoms with van der Waals surface area (Å²) in [6.07, 6.45) is 7.67. The van der Waals surface area contributed by atoms with Gasteiger partial charge >= 0.3 is 5.69 Å². The Labute approximate surface area is 105 Å². The molecule has 0 aromatic carbocycles. The van der Waals surface area contributed by atoms with Gasteiger partial charge in [0.05, 0.1) is 12.2 Å². The monoisotopic (exact) mass is 244 g/mol. The Morgan fingerprint density at radius 3 is 2.94 bits per heavy atom. The van der Waals surface area contributed by atoms with Crippen molar-refractivity contribution in [3.8, 4) is 0 Å². The van der Waals surface area contributed by atoms with E-state index in [4.69, 9.17) is 5.73 Å². The number of hydrogen-bond acceptors (Lipinski definition) is 3. The maximum Gasteiger partial charge on any atom is 0.328 e. The minimum absolute atomic E-state index is 0.0596. The highest BCUT2D eigenvalue weighted by molar-refractivity contribution is 5.20. The molecule has 1 aliphatic carbocycles. The minimum atomic E-state index is 0.0596. The van der Waals surface area contributed by atoms with Gasteiger partial charge in [0.25, 0.3) is 0 Å². The fourth-order valence-corrected chi connectivity index (χ4v) is 2.16. The smallest absolute Gasteiger partial charge is 0.325 e. The van der Waals surface area contributed by atoms with E-state index in [1.54, 1.807) is 10.8 Å². The second-order valence-corrected chi connectivity index (χ2v) is 4.66. The molecule has 2 aromatic heterocycles. The lowest BCUT2D eigenvalue weighted by atomic mass is 10.2. The van der Waals surface area contributed by atoms with Crippen molar-refractivity contribution >= 4 is 0 Å². The van der Waals surface area contributed by atoms with E-state index in [9.17, 15) is 4.79 Å². The zero-order chi connectivity index (χ0) is 12.5. The van der Waals surface area contributed by atoms with Crippen LogP contribution in [0, 0.1) is 0 Å². The molecule has 0 amide bonds. The second kappa shape index (κ2) is 4.42. The number of nitrogens with two attached hydrogens (primary N) is 1. The van der Waals surface area contributed by atoms with Gasteiger partial charge in [-0.3, -0.25) is 14.1 Å². The molecule has 1 aliphatic rings. The van der Waals surface area contributed by atoms with Gasteiger partial charge in [-0.05, 0) is 24.5 Å². The number of nitrogens with zero attached hydrogens (tertiary/aromatic N) is 3. The van der Waals surface area contributed by atoms with Crippen molar-refractivity contribution < 1.29 is 0 Å². The first-order valence-electron chi connectivity index (χ1n) is 6.19. The van der Waals surface area contributed by atoms with E-state index in [2.05, 4.69) is 4.98 Å². The molecule has 0 radical (unpaired) electrons. The summed E-state index contributed by atoms with van der Waals surface area (Å²) in [5.74, 6) is 0. The van der Waals surface area contributed by atoms with Crippen LogP contribution in [0.1, 0.15) is 30.1 Å². The van der Waals surface area contributed by atoms with Crippen molar-refractivity contribution in [2.24, 2.45) is 5.73 Å². The fourth-order valence-electron chi connectivity index (χ4n) is 2.16. The van der Waals surface area contributed by atoms with Crippen molar-refractivity contribution in [3.05, 3.63) is 52.5 Å². The van der Waals surface area contributed by atoms with E-state index in [0.717, 1.165) is 24.1 Å². The molecule has 2 N–H and O–H groups in total. The van der Waals surface area contributed by atoms with E-state index in [-0.39, 0.29) is 5.69 Å². The molecule has 94 valence electrons. The maximum atomic E-state index is 12.1. The van der Waals surface area contributed by atoms with Gasteiger partial charge in [-0.25, -0.2) is 4.79 Å². The van der Waals surface area contributed by atoms with Crippen LogP contribution >= 0.6 is 0 Å². The Bertz CT molecular complexity index is 609. The summed E-state index contributed by atoms with van der Waals surface area (Å²) in [4.78, 5) is 16.4. The zero-order valence-corrected chi connectivity index (χ0v) is 10.1. The Hall–Kier alpha value is -1.88. The molecule has 2 heterocycles. The average Bonchev–Trinajstić information content (AvgIpc) is 3.17. The first kappa shape index (κ1) is 11.2. The van der Waals surface area contributed by atoms with Crippen LogP contribution < -0.4 is 11.4 Å². The maximum absolute atomic E-state index is 12.1. The summed E-state index contributed by atoms with van der Waals surface area (Å²) in [5, 5.41) is 0. The lowest BCUT2D eigenvalue weighted by Gasteiger charge is -2.06. The van der Waals surface area contributed by atoms with Crippen molar-refractivity contribution in [2.45, 2.75) is 32.0 Å². The highest BCUT2D eigenvalue weighted by atomic mass is 16.1. The SMILES string of the molecule is NCc1ncccc1Cn1ccn(C2CC2)c1=O. The summed E-state index contributed by atoms with van der Waals surface area (Å²) < 4.78 is 3.53. The van der Waals surface area contributed by atoms with E-state index in [1.165, 1.54) is 0 Å². The highest BCUT2D eigenvalue weighted by Crippen LogP contribution is 2.33. The molecule has 1 fully saturated rings. The van der Waals surface area contributed by atoms with E-state index < -0.39 is 0 Å². The predicted molar refractivity (Wildman–Crippen MR) is 68.2 cm³/mol. The second-order valence-electron chi connectivity index (χ2n) is 4.66. The van der Waals surface area contributed by atoms with Gasteiger partial charge in [0.2, 0.25) is 0 Å². The Morgan fingerprint density at radius 1 is 1.39 bits per heavy atom. The highest BCUT2D eigenvalue weighted by Gasteiger charge is 2.25. The van der Waals surface area contributed by atoms with Gasteiger partial charge < -0.3 is 5.73 Å². The van der Waals surface area contributed by atoms with Crippen LogP contribution in [-0.2, 0) is 13.1 Å². The molecule has 3 rings (SSSR count). The van der Waals surface area contributed by atoms with Crippen LogP contribution in [0.4, 0.5) is 0 Å². The Kier molecular flexibility index (Phi) is 2.76. The quantitative estimate of drug-likeness (QED) is 0.868. The summed E-state index contributed by atoms with van der Waals surface area (Å²) in [6, 6.07) is 4.26. The lowest BCUT2D eigenvalue weighted by Crippen LogP contribution is -2.24. The van der Waals surface area contributed by atoms with Crippen molar-refractivity contribution in [1.82, 2.24) is 14.1 Å². The van der Waals surface area contributed by atoms with Crippen LogP contribution in [0.2, 0.25) is 0 Å². The van der Waals surface area contributed by atoms with Crippen LogP contribution in [0.25, 0.3) is 0 Å². The van der Waals surface area contributed by atoms with Gasteiger partial charge in [-0.15, -0.1) is 0 Å². The first-order chi connectivity index (χ1) is 8.79. The van der Waals surface area contributed by atoms with Gasteiger partial charge in [0.15, 0.2) is 0 Å². The third kappa shape index (κ3) is 1.97. The molecule has 18 heavy (non-hydrogen) atoms. The van der Waals surface area contributed by atoms with Crippen LogP contribution in [0.5, 0.6) is 0 Å². The van der Waals surface area contributed by atoms with Crippen LogP contribution in [0.15, 0.2) is 35.5 Å². The lowest BCUT2D eigenvalue weighted by molar-refractivity contribution is 0.652. The Morgan fingerprint density at radius 2 is 2.22 bits per heavy atom. The molecule has 0 spiro atoms. The molecule has 0 unspecified atom stereocenters. The molecule has 5 heteroatoms. The summed E-state index contributed by atoms with van der Waals surface area (Å²) in [7, 11) is 0. The molecule has 1 saturated carbocycles. The van der Waals surface area contributed by atoms with Crippen molar-refractivity contribution in [1.29, 1.82) is 0 Å². The molecule has 0 bridgehead atoms. The third-order valence-electron chi connectivity index (χ3n) is 3.33. The van der Waals surface area contributed by atoms with E-state index >= 15 is 0 Å². The summed E-state index contributed by atoms with van der Waals surface area (Å²) >= 11 is 0. The number of imidazole rings is 1. The molecular formula is C13H16N4O. The average molecular weight is 244 g/mol. The zero-order valence-electron chi connectivity index (χ0n) is 10.1. The molecule has 0 saturated heterocycles. The molecule has 2 aromatic rings. The van der Waals surface area contributed by atoms with Gasteiger partial charge in [0, 0.05) is 31.2 Å². The Balaban J connectivity index is 1.90. The van der Waals surface area contributed by atoms with Gasteiger partial charge in [0.1, 0.15) is 0 Å². The topological polar surface area (TPSA) is 65.8 Å². The first-order valence-corrected chi connectivity index (χ1v) is 6.19.